The third-order valence-electron chi connectivity index (χ3n) is 4.26. The van der Waals surface area contributed by atoms with Crippen molar-refractivity contribution in [2.45, 2.75) is 60.3 Å². The number of guanidine groups is 1. The maximum absolute atomic E-state index is 11.2. The van der Waals surface area contributed by atoms with E-state index in [1.165, 1.54) is 6.42 Å². The Balaban J connectivity index is 0.00000529. The first kappa shape index (κ1) is 23.5. The molecule has 24 heavy (non-hydrogen) atoms. The molecule has 1 fully saturated rings. The van der Waals surface area contributed by atoms with Crippen molar-refractivity contribution >= 4 is 35.8 Å². The van der Waals surface area contributed by atoms with Gasteiger partial charge in [0.05, 0.1) is 0 Å². The van der Waals surface area contributed by atoms with Crippen molar-refractivity contribution in [3.05, 3.63) is 0 Å². The van der Waals surface area contributed by atoms with E-state index >= 15 is 0 Å². The number of piperidine rings is 1. The van der Waals surface area contributed by atoms with Crippen molar-refractivity contribution in [2.24, 2.45) is 28.0 Å². The van der Waals surface area contributed by atoms with Gasteiger partial charge in [0.25, 0.3) is 0 Å². The van der Waals surface area contributed by atoms with E-state index in [1.54, 1.807) is 0 Å². The Morgan fingerprint density at radius 1 is 1.42 bits per heavy atom. The Kier molecular flexibility index (Phi) is 10.9. The van der Waals surface area contributed by atoms with Crippen LogP contribution in [0.25, 0.3) is 0 Å². The molecule has 3 N–H and O–H groups in total. The summed E-state index contributed by atoms with van der Waals surface area (Å²) in [6, 6.07) is 0. The van der Waals surface area contributed by atoms with Crippen molar-refractivity contribution in [1.29, 1.82) is 0 Å². The number of nitrogens with zero attached hydrogens (tertiary/aromatic N) is 2. The molecule has 1 amide bonds. The van der Waals surface area contributed by atoms with Crippen LogP contribution in [-0.2, 0) is 4.79 Å². The molecule has 1 heterocycles. The van der Waals surface area contributed by atoms with Crippen LogP contribution in [0.5, 0.6) is 0 Å². The van der Waals surface area contributed by atoms with E-state index in [2.05, 4.69) is 44.8 Å². The maximum Gasteiger partial charge on any atom is 0.217 e. The first-order valence-corrected chi connectivity index (χ1v) is 9.05. The van der Waals surface area contributed by atoms with E-state index in [0.29, 0.717) is 18.3 Å². The molecule has 1 saturated heterocycles. The predicted octanol–water partition coefficient (Wildman–Crippen LogP) is 3.23. The van der Waals surface area contributed by atoms with Gasteiger partial charge in [0, 0.05) is 32.6 Å². The molecule has 1 rings (SSSR count). The average molecular weight is 452 g/mol. The van der Waals surface area contributed by atoms with Gasteiger partial charge in [-0.1, -0.05) is 27.7 Å². The molecular formula is C18H37IN4O. The molecule has 0 bridgehead atoms. The number of halogens is 1. The Bertz CT molecular complexity index is 410. The van der Waals surface area contributed by atoms with Crippen LogP contribution in [0.2, 0.25) is 0 Å². The second-order valence-corrected chi connectivity index (χ2v) is 8.06. The minimum absolute atomic E-state index is 0. The summed E-state index contributed by atoms with van der Waals surface area (Å²) in [4.78, 5) is 18.4. The van der Waals surface area contributed by atoms with Gasteiger partial charge < -0.3 is 16.0 Å². The number of carbonyl (C=O) groups excluding carboxylic acids is 1. The SMILES string of the molecule is CCNC(=NCC(C)(C)CC(C)C)N1CCCC(CC(N)=O)C1.I. The van der Waals surface area contributed by atoms with Gasteiger partial charge in [-0.05, 0) is 43.4 Å². The molecule has 1 aliphatic heterocycles. The zero-order chi connectivity index (χ0) is 17.5. The summed E-state index contributed by atoms with van der Waals surface area (Å²) in [5, 5.41) is 3.41. The highest BCUT2D eigenvalue weighted by molar-refractivity contribution is 14.0. The van der Waals surface area contributed by atoms with E-state index in [-0.39, 0.29) is 35.3 Å². The number of aliphatic imine (C=N–C) groups is 1. The van der Waals surface area contributed by atoms with Gasteiger partial charge >= 0.3 is 0 Å². The average Bonchev–Trinajstić information content (AvgIpc) is 2.41. The number of carbonyl (C=O) groups is 1. The van der Waals surface area contributed by atoms with Crippen molar-refractivity contribution in [2.75, 3.05) is 26.2 Å². The van der Waals surface area contributed by atoms with Crippen molar-refractivity contribution in [1.82, 2.24) is 10.2 Å². The lowest BCUT2D eigenvalue weighted by Crippen LogP contribution is -2.47. The van der Waals surface area contributed by atoms with Gasteiger partial charge in [0.1, 0.15) is 0 Å². The van der Waals surface area contributed by atoms with Crippen molar-refractivity contribution in [3.8, 4) is 0 Å². The van der Waals surface area contributed by atoms with E-state index in [9.17, 15) is 4.79 Å². The van der Waals surface area contributed by atoms with Gasteiger partial charge in [-0.3, -0.25) is 9.79 Å². The van der Waals surface area contributed by atoms with Gasteiger partial charge in [0.15, 0.2) is 5.96 Å². The van der Waals surface area contributed by atoms with Gasteiger partial charge in [-0.25, -0.2) is 0 Å². The Morgan fingerprint density at radius 3 is 2.62 bits per heavy atom. The number of hydrogen-bond acceptors (Lipinski definition) is 2. The fourth-order valence-corrected chi connectivity index (χ4v) is 3.59. The van der Waals surface area contributed by atoms with Crippen LogP contribution in [-0.4, -0.2) is 42.9 Å². The smallest absolute Gasteiger partial charge is 0.217 e. The van der Waals surface area contributed by atoms with Crippen LogP contribution in [0.1, 0.15) is 60.3 Å². The van der Waals surface area contributed by atoms with E-state index in [1.807, 2.05) is 0 Å². The number of likely N-dealkylation sites (tertiary alicyclic amines) is 1. The lowest BCUT2D eigenvalue weighted by Gasteiger charge is -2.35. The van der Waals surface area contributed by atoms with Crippen LogP contribution in [0.15, 0.2) is 4.99 Å². The molecule has 6 heteroatoms. The molecule has 1 aliphatic rings. The summed E-state index contributed by atoms with van der Waals surface area (Å²) in [6.07, 6.45) is 3.82. The van der Waals surface area contributed by atoms with E-state index in [0.717, 1.165) is 45.0 Å². The fraction of sp³-hybridized carbons (Fsp3) is 0.889. The highest BCUT2D eigenvalue weighted by Gasteiger charge is 2.25. The zero-order valence-corrected chi connectivity index (χ0v) is 18.4. The van der Waals surface area contributed by atoms with Crippen LogP contribution < -0.4 is 11.1 Å². The third-order valence-corrected chi connectivity index (χ3v) is 4.26. The minimum Gasteiger partial charge on any atom is -0.370 e. The van der Waals surface area contributed by atoms with Crippen LogP contribution in [0.3, 0.4) is 0 Å². The normalized spacial score (nSPS) is 19.2. The van der Waals surface area contributed by atoms with Crippen LogP contribution in [0.4, 0.5) is 0 Å². The summed E-state index contributed by atoms with van der Waals surface area (Å²) in [7, 11) is 0. The monoisotopic (exact) mass is 452 g/mol. The topological polar surface area (TPSA) is 70.7 Å². The molecule has 1 atom stereocenters. The molecule has 142 valence electrons. The minimum atomic E-state index is -0.197. The Labute approximate surface area is 165 Å². The standard InChI is InChI=1S/C18H36N4O.HI/c1-6-20-17(21-13-18(4,5)11-14(2)3)22-9-7-8-15(12-22)10-16(19)23;/h14-15H,6-13H2,1-5H3,(H2,19,23)(H,20,21);1H. The lowest BCUT2D eigenvalue weighted by atomic mass is 9.84. The molecule has 5 nitrogen and oxygen atoms in total. The summed E-state index contributed by atoms with van der Waals surface area (Å²) < 4.78 is 0. The molecule has 0 spiro atoms. The highest BCUT2D eigenvalue weighted by atomic mass is 127. The fourth-order valence-electron chi connectivity index (χ4n) is 3.59. The van der Waals surface area contributed by atoms with Crippen LogP contribution >= 0.6 is 24.0 Å². The molecule has 1 unspecified atom stereocenters. The van der Waals surface area contributed by atoms with Gasteiger partial charge in [0.2, 0.25) is 5.91 Å². The molecule has 0 aliphatic carbocycles. The summed E-state index contributed by atoms with van der Waals surface area (Å²) in [6.45, 7) is 14.7. The first-order chi connectivity index (χ1) is 10.7. The van der Waals surface area contributed by atoms with Crippen molar-refractivity contribution in [3.63, 3.8) is 0 Å². The Hall–Kier alpha value is -0.530. The third kappa shape index (κ3) is 9.08. The summed E-state index contributed by atoms with van der Waals surface area (Å²) >= 11 is 0. The number of nitrogens with one attached hydrogen (secondary N) is 1. The highest BCUT2D eigenvalue weighted by Crippen LogP contribution is 2.26. The van der Waals surface area contributed by atoms with Crippen LogP contribution in [0, 0.1) is 17.3 Å². The molecule has 0 radical (unpaired) electrons. The number of amides is 1. The van der Waals surface area contributed by atoms with E-state index in [4.69, 9.17) is 10.7 Å². The maximum atomic E-state index is 11.2. The molecule has 0 aromatic heterocycles. The molecular weight excluding hydrogens is 415 g/mol. The molecule has 0 aromatic carbocycles. The van der Waals surface area contributed by atoms with Gasteiger partial charge in [-0.2, -0.15) is 0 Å². The quantitative estimate of drug-likeness (QED) is 0.354. The number of rotatable bonds is 7. The lowest BCUT2D eigenvalue weighted by molar-refractivity contribution is -0.119. The number of nitrogens with two attached hydrogens (primary N) is 1. The second kappa shape index (κ2) is 11.2. The van der Waals surface area contributed by atoms with Crippen molar-refractivity contribution < 1.29 is 4.79 Å². The summed E-state index contributed by atoms with van der Waals surface area (Å²) in [5.74, 6) is 1.82. The molecule has 0 aromatic rings. The zero-order valence-electron chi connectivity index (χ0n) is 16.1. The second-order valence-electron chi connectivity index (χ2n) is 8.06. The first-order valence-electron chi connectivity index (χ1n) is 9.05. The van der Waals surface area contributed by atoms with E-state index < -0.39 is 0 Å². The predicted molar refractivity (Wildman–Crippen MR) is 113 cm³/mol. The molecule has 0 saturated carbocycles. The number of hydrogen-bond donors (Lipinski definition) is 2. The Morgan fingerprint density at radius 2 is 2.08 bits per heavy atom. The van der Waals surface area contributed by atoms with Gasteiger partial charge in [-0.15, -0.1) is 24.0 Å². The number of primary amides is 1. The summed E-state index contributed by atoms with van der Waals surface area (Å²) in [5.41, 5.74) is 5.57. The largest absolute Gasteiger partial charge is 0.370 e.